The molecule has 0 aliphatic rings. The van der Waals surface area contributed by atoms with Crippen molar-refractivity contribution in [3.05, 3.63) is 12.2 Å². The minimum absolute atomic E-state index is 0.0325. The van der Waals surface area contributed by atoms with Crippen molar-refractivity contribution >= 4 is 31.6 Å². The number of carbonyl (C=O) groups excluding carboxylic acids is 4. The van der Waals surface area contributed by atoms with E-state index in [1.165, 1.54) is 57.8 Å². The van der Waals surface area contributed by atoms with E-state index in [-0.39, 0.29) is 42.5 Å². The summed E-state index contributed by atoms with van der Waals surface area (Å²) in [4.78, 5) is 56.9. The molecule has 256 valence electrons. The predicted molar refractivity (Wildman–Crippen MR) is 170 cm³/mol. The fourth-order valence-corrected chi connectivity index (χ4v) is 5.41. The number of rotatable bonds is 30. The summed E-state index contributed by atoms with van der Waals surface area (Å²) in [6, 6.07) is 0. The summed E-state index contributed by atoms with van der Waals surface area (Å²) in [6.45, 7) is 1.26. The number of phosphoric acid groups is 1. The molecule has 11 nitrogen and oxygen atoms in total. The maximum atomic E-state index is 12.7. The number of allylic oxidation sites excluding steroid dienone is 2. The molecular weight excluding hydrogens is 589 g/mol. The topological polar surface area (TPSA) is 154 Å². The number of hydrogen-bond acceptors (Lipinski definition) is 9. The number of aldehydes is 1. The number of hydrogen-bond donors (Lipinski definition) is 2. The molecule has 0 heterocycles. The second-order valence-electron chi connectivity index (χ2n) is 12.4. The standard InChI is InChI=1S/C32H58NO10P/c1-5-6-7-8-9-10-11-12-13-14-15-16-17-23-32(38)41-26-29(36)27-42-44(39,40)43-31(25-33(2,3)4)30(37)22-18-20-28(35)21-19-24-34/h19,21,24,29,31,36H,5-18,20,22-23,25-27H2,1-4H3/p+1/t29-,31?/m1/s1. The fourth-order valence-electron chi connectivity index (χ4n) is 4.49. The number of carbonyl (C=O) groups is 4. The lowest BCUT2D eigenvalue weighted by molar-refractivity contribution is -0.872. The molecule has 0 rings (SSSR count). The molecule has 0 spiro atoms. The Balaban J connectivity index is 4.26. The van der Waals surface area contributed by atoms with Crippen LogP contribution in [-0.2, 0) is 37.5 Å². The largest absolute Gasteiger partial charge is 0.473 e. The highest BCUT2D eigenvalue weighted by molar-refractivity contribution is 7.47. The number of nitrogens with zero attached hydrogens (tertiary/aromatic N) is 1. The molecule has 44 heavy (non-hydrogen) atoms. The zero-order valence-corrected chi connectivity index (χ0v) is 28.5. The zero-order chi connectivity index (χ0) is 33.3. The molecule has 0 fully saturated rings. The van der Waals surface area contributed by atoms with Gasteiger partial charge in [-0.15, -0.1) is 0 Å². The van der Waals surface area contributed by atoms with Gasteiger partial charge in [0.1, 0.15) is 25.5 Å². The summed E-state index contributed by atoms with van der Waals surface area (Å²) in [5.41, 5.74) is 0. The summed E-state index contributed by atoms with van der Waals surface area (Å²) >= 11 is 0. The molecule has 0 aromatic carbocycles. The summed E-state index contributed by atoms with van der Waals surface area (Å²) in [6.07, 6.45) is 16.0. The molecule has 0 saturated carbocycles. The zero-order valence-electron chi connectivity index (χ0n) is 27.6. The molecule has 2 unspecified atom stereocenters. The normalized spacial score (nSPS) is 14.7. The number of aliphatic hydroxyl groups excluding tert-OH is 1. The molecule has 0 aliphatic heterocycles. The van der Waals surface area contributed by atoms with Crippen LogP contribution in [-0.4, -0.2) is 91.4 Å². The lowest BCUT2D eigenvalue weighted by atomic mass is 10.0. The van der Waals surface area contributed by atoms with E-state index in [4.69, 9.17) is 13.8 Å². The number of unbranched alkanes of at least 4 members (excludes halogenated alkanes) is 12. The van der Waals surface area contributed by atoms with Crippen LogP contribution in [0.4, 0.5) is 0 Å². The van der Waals surface area contributed by atoms with Crippen molar-refractivity contribution in [3.8, 4) is 0 Å². The van der Waals surface area contributed by atoms with Crippen LogP contribution in [0.15, 0.2) is 12.2 Å². The minimum Gasteiger partial charge on any atom is -0.463 e. The number of ether oxygens (including phenoxy) is 1. The summed E-state index contributed by atoms with van der Waals surface area (Å²) in [5, 5.41) is 10.1. The first-order valence-electron chi connectivity index (χ1n) is 16.3. The molecule has 0 aliphatic carbocycles. The monoisotopic (exact) mass is 648 g/mol. The van der Waals surface area contributed by atoms with Gasteiger partial charge in [0.25, 0.3) is 0 Å². The Morgan fingerprint density at radius 1 is 0.795 bits per heavy atom. The van der Waals surface area contributed by atoms with Crippen molar-refractivity contribution in [2.45, 2.75) is 128 Å². The molecule has 0 aromatic rings. The lowest BCUT2D eigenvalue weighted by Crippen LogP contribution is -2.45. The number of aliphatic hydroxyl groups is 1. The van der Waals surface area contributed by atoms with Gasteiger partial charge in [-0.25, -0.2) is 4.57 Å². The SMILES string of the molecule is CCCCCCCCCCCCCCCC(=O)OC[C@@H](O)COP(=O)(O)OC(C[N+](C)(C)C)C(=O)CCCC(=O)C=CC=O. The first-order valence-corrected chi connectivity index (χ1v) is 17.8. The molecule has 3 atom stereocenters. The number of phosphoric ester groups is 1. The van der Waals surface area contributed by atoms with Gasteiger partial charge in [0.15, 0.2) is 17.7 Å². The van der Waals surface area contributed by atoms with Gasteiger partial charge in [-0.05, 0) is 25.0 Å². The van der Waals surface area contributed by atoms with E-state index in [0.717, 1.165) is 31.4 Å². The van der Waals surface area contributed by atoms with Crippen LogP contribution in [0.3, 0.4) is 0 Å². The van der Waals surface area contributed by atoms with E-state index in [0.29, 0.717) is 12.7 Å². The fraction of sp³-hybridized carbons (Fsp3) is 0.812. The van der Waals surface area contributed by atoms with Gasteiger partial charge in [0, 0.05) is 19.3 Å². The Bertz CT molecular complexity index is 887. The van der Waals surface area contributed by atoms with Crippen molar-refractivity contribution in [2.24, 2.45) is 0 Å². The molecule has 0 bridgehead atoms. The third-order valence-electron chi connectivity index (χ3n) is 6.89. The van der Waals surface area contributed by atoms with Gasteiger partial charge in [-0.2, -0.15) is 0 Å². The Morgan fingerprint density at radius 3 is 1.86 bits per heavy atom. The second-order valence-corrected chi connectivity index (χ2v) is 13.8. The highest BCUT2D eigenvalue weighted by Gasteiger charge is 2.35. The van der Waals surface area contributed by atoms with Crippen LogP contribution in [0, 0.1) is 0 Å². The number of Topliss-reactive ketones (excluding diaryl/α,β-unsaturated/α-hetero) is 1. The third kappa shape index (κ3) is 26.6. The maximum absolute atomic E-state index is 12.7. The van der Waals surface area contributed by atoms with E-state index < -0.39 is 45.0 Å². The Hall–Kier alpha value is -1.75. The molecule has 12 heteroatoms. The predicted octanol–water partition coefficient (Wildman–Crippen LogP) is 5.64. The molecule has 0 aromatic heterocycles. The van der Waals surface area contributed by atoms with E-state index in [1.54, 1.807) is 21.1 Å². The maximum Gasteiger partial charge on any atom is 0.473 e. The second kappa shape index (κ2) is 25.4. The van der Waals surface area contributed by atoms with Crippen molar-refractivity contribution in [1.29, 1.82) is 0 Å². The quantitative estimate of drug-likeness (QED) is 0.0250. The summed E-state index contributed by atoms with van der Waals surface area (Å²) in [5.74, 6) is -1.25. The van der Waals surface area contributed by atoms with Gasteiger partial charge in [-0.1, -0.05) is 84.0 Å². The van der Waals surface area contributed by atoms with Crippen molar-refractivity contribution < 1.29 is 52.0 Å². The van der Waals surface area contributed by atoms with E-state index in [9.17, 15) is 33.7 Å². The number of likely N-dealkylation sites (N-methyl/N-ethyl adjacent to an activating group) is 1. The number of ketones is 2. The van der Waals surface area contributed by atoms with Crippen LogP contribution < -0.4 is 0 Å². The van der Waals surface area contributed by atoms with Crippen LogP contribution in [0.5, 0.6) is 0 Å². The van der Waals surface area contributed by atoms with E-state index in [2.05, 4.69) is 6.92 Å². The van der Waals surface area contributed by atoms with Crippen LogP contribution in [0.25, 0.3) is 0 Å². The number of quaternary nitrogens is 1. The molecule has 0 amide bonds. The molecule has 2 N–H and O–H groups in total. The summed E-state index contributed by atoms with van der Waals surface area (Å²) < 4.78 is 27.9. The van der Waals surface area contributed by atoms with Crippen molar-refractivity contribution in [1.82, 2.24) is 0 Å². The Labute approximate surface area is 264 Å². The van der Waals surface area contributed by atoms with E-state index in [1.807, 2.05) is 0 Å². The molecular formula is C32H59NO10P+. The van der Waals surface area contributed by atoms with Gasteiger partial charge in [0.05, 0.1) is 27.7 Å². The highest BCUT2D eigenvalue weighted by Crippen LogP contribution is 2.45. The van der Waals surface area contributed by atoms with Crippen LogP contribution >= 0.6 is 7.82 Å². The number of esters is 1. The van der Waals surface area contributed by atoms with Gasteiger partial charge in [-0.3, -0.25) is 28.2 Å². The van der Waals surface area contributed by atoms with E-state index >= 15 is 0 Å². The molecule has 0 saturated heterocycles. The lowest BCUT2D eigenvalue weighted by Gasteiger charge is -2.29. The van der Waals surface area contributed by atoms with Crippen LogP contribution in [0.1, 0.15) is 116 Å². The Kier molecular flexibility index (Phi) is 24.4. The summed E-state index contributed by atoms with van der Waals surface area (Å²) in [7, 11) is 0.575. The Morgan fingerprint density at radius 2 is 1.34 bits per heavy atom. The molecule has 0 radical (unpaired) electrons. The smallest absolute Gasteiger partial charge is 0.463 e. The van der Waals surface area contributed by atoms with Crippen LogP contribution in [0.2, 0.25) is 0 Å². The van der Waals surface area contributed by atoms with Crippen molar-refractivity contribution in [3.63, 3.8) is 0 Å². The van der Waals surface area contributed by atoms with Gasteiger partial charge < -0.3 is 19.2 Å². The first-order chi connectivity index (χ1) is 20.8. The van der Waals surface area contributed by atoms with Crippen molar-refractivity contribution in [2.75, 3.05) is 40.9 Å². The van der Waals surface area contributed by atoms with Gasteiger partial charge >= 0.3 is 13.8 Å². The minimum atomic E-state index is -4.75. The highest BCUT2D eigenvalue weighted by atomic mass is 31.2. The van der Waals surface area contributed by atoms with Gasteiger partial charge in [0.2, 0.25) is 0 Å². The first kappa shape index (κ1) is 42.2. The average Bonchev–Trinajstić information content (AvgIpc) is 2.95. The third-order valence-corrected chi connectivity index (χ3v) is 7.89. The average molecular weight is 649 g/mol.